The lowest BCUT2D eigenvalue weighted by molar-refractivity contribution is 0.353. The van der Waals surface area contributed by atoms with Gasteiger partial charge in [0.05, 0.1) is 31.4 Å². The first-order valence-corrected chi connectivity index (χ1v) is 9.51. The Labute approximate surface area is 175 Å². The maximum atomic E-state index is 9.87. The van der Waals surface area contributed by atoms with E-state index < -0.39 is 5.92 Å². The third-order valence-corrected chi connectivity index (χ3v) is 5.50. The number of aromatic nitrogens is 2. The van der Waals surface area contributed by atoms with E-state index in [-0.39, 0.29) is 5.88 Å². The minimum Gasteiger partial charge on any atom is -0.493 e. The lowest BCUT2D eigenvalue weighted by Crippen LogP contribution is -2.21. The molecule has 1 aromatic heterocycles. The largest absolute Gasteiger partial charge is 0.493 e. The van der Waals surface area contributed by atoms with Crippen molar-refractivity contribution < 1.29 is 14.2 Å². The van der Waals surface area contributed by atoms with Gasteiger partial charge in [-0.1, -0.05) is 46.3 Å². The van der Waals surface area contributed by atoms with E-state index in [1.807, 2.05) is 36.4 Å². The first-order chi connectivity index (χ1) is 14.1. The summed E-state index contributed by atoms with van der Waals surface area (Å²) in [4.78, 5) is 0. The molecular formula is C21H17BrN4O3. The number of fused-ring (bicyclic) bond motifs is 1. The summed E-state index contributed by atoms with van der Waals surface area (Å²) in [6.07, 6.45) is 0. The number of allylic oxidation sites excluding steroid dienone is 1. The SMILES string of the molecule is COc1cc(Br)c([C@@H]2C(C#N)=C(N)Oc3n[nH]c(-c4ccccc4)c32)cc1OC. The van der Waals surface area contributed by atoms with Gasteiger partial charge in [-0.15, -0.1) is 5.10 Å². The number of halogens is 1. The van der Waals surface area contributed by atoms with Crippen LogP contribution >= 0.6 is 15.9 Å². The van der Waals surface area contributed by atoms with Crippen LogP contribution in [0.3, 0.4) is 0 Å². The molecule has 3 N–H and O–H groups in total. The highest BCUT2D eigenvalue weighted by molar-refractivity contribution is 9.10. The summed E-state index contributed by atoms with van der Waals surface area (Å²) in [5.74, 6) is 0.970. The Morgan fingerprint density at radius 3 is 2.52 bits per heavy atom. The van der Waals surface area contributed by atoms with Crippen LogP contribution in [0.1, 0.15) is 17.0 Å². The third kappa shape index (κ3) is 3.09. The van der Waals surface area contributed by atoms with Gasteiger partial charge in [-0.3, -0.25) is 5.10 Å². The van der Waals surface area contributed by atoms with Crippen molar-refractivity contribution in [3.8, 4) is 34.7 Å². The van der Waals surface area contributed by atoms with Crippen LogP contribution in [-0.2, 0) is 0 Å². The lowest BCUT2D eigenvalue weighted by Gasteiger charge is -2.25. The maximum Gasteiger partial charge on any atom is 0.244 e. The summed E-state index contributed by atoms with van der Waals surface area (Å²) in [6.45, 7) is 0. The second-order valence-electron chi connectivity index (χ2n) is 6.34. The topological polar surface area (TPSA) is 106 Å². The number of rotatable bonds is 4. The molecule has 29 heavy (non-hydrogen) atoms. The molecule has 0 amide bonds. The van der Waals surface area contributed by atoms with Gasteiger partial charge >= 0.3 is 0 Å². The van der Waals surface area contributed by atoms with Crippen LogP contribution in [0.2, 0.25) is 0 Å². The first kappa shape index (κ1) is 18.9. The number of nitrogens with two attached hydrogens (primary N) is 1. The number of hydrogen-bond donors (Lipinski definition) is 2. The second kappa shape index (κ2) is 7.53. The van der Waals surface area contributed by atoms with Gasteiger partial charge in [-0.05, 0) is 23.3 Å². The molecule has 0 saturated heterocycles. The molecule has 0 fully saturated rings. The summed E-state index contributed by atoms with van der Waals surface area (Å²) in [6, 6.07) is 15.6. The van der Waals surface area contributed by atoms with Gasteiger partial charge in [0, 0.05) is 4.47 Å². The Hall–Kier alpha value is -3.44. The second-order valence-corrected chi connectivity index (χ2v) is 7.19. The number of methoxy groups -OCH3 is 2. The van der Waals surface area contributed by atoms with Crippen molar-refractivity contribution in [1.29, 1.82) is 5.26 Å². The van der Waals surface area contributed by atoms with E-state index in [2.05, 4.69) is 32.2 Å². The predicted octanol–water partition coefficient (Wildman–Crippen LogP) is 4.07. The van der Waals surface area contributed by atoms with Gasteiger partial charge in [0.25, 0.3) is 0 Å². The predicted molar refractivity (Wildman–Crippen MR) is 111 cm³/mol. The van der Waals surface area contributed by atoms with Gasteiger partial charge in [-0.2, -0.15) is 5.26 Å². The minimum atomic E-state index is -0.508. The van der Waals surface area contributed by atoms with E-state index in [1.165, 1.54) is 0 Å². The maximum absolute atomic E-state index is 9.87. The quantitative estimate of drug-likeness (QED) is 0.617. The van der Waals surface area contributed by atoms with Crippen molar-refractivity contribution in [3.63, 3.8) is 0 Å². The monoisotopic (exact) mass is 452 g/mol. The molecule has 8 heteroatoms. The van der Waals surface area contributed by atoms with Crippen LogP contribution in [-0.4, -0.2) is 24.4 Å². The molecule has 0 bridgehead atoms. The summed E-state index contributed by atoms with van der Waals surface area (Å²) in [5.41, 5.74) is 9.55. The number of aromatic amines is 1. The van der Waals surface area contributed by atoms with Crippen LogP contribution in [0.4, 0.5) is 0 Å². The molecule has 2 aromatic carbocycles. The van der Waals surface area contributed by atoms with Gasteiger partial charge in [0.15, 0.2) is 11.5 Å². The average Bonchev–Trinajstić information content (AvgIpc) is 3.16. The fraction of sp³-hybridized carbons (Fsp3) is 0.143. The highest BCUT2D eigenvalue weighted by atomic mass is 79.9. The van der Waals surface area contributed by atoms with E-state index in [9.17, 15) is 5.26 Å². The number of nitriles is 1. The average molecular weight is 453 g/mol. The van der Waals surface area contributed by atoms with Crippen LogP contribution in [0.15, 0.2) is 58.4 Å². The normalized spacial score (nSPS) is 15.3. The summed E-state index contributed by atoms with van der Waals surface area (Å²) >= 11 is 3.60. The minimum absolute atomic E-state index is 0.0257. The van der Waals surface area contributed by atoms with Crippen LogP contribution in [0.5, 0.6) is 17.4 Å². The van der Waals surface area contributed by atoms with Gasteiger partial charge in [0.2, 0.25) is 11.8 Å². The number of ether oxygens (including phenoxy) is 3. The number of H-pyrrole nitrogens is 1. The van der Waals surface area contributed by atoms with E-state index >= 15 is 0 Å². The highest BCUT2D eigenvalue weighted by Crippen LogP contribution is 2.49. The molecule has 4 rings (SSSR count). The molecule has 1 aliphatic rings. The fourth-order valence-electron chi connectivity index (χ4n) is 3.47. The summed E-state index contributed by atoms with van der Waals surface area (Å²) in [5, 5.41) is 17.2. The molecule has 3 aromatic rings. The van der Waals surface area contributed by atoms with Gasteiger partial charge < -0.3 is 19.9 Å². The number of nitrogens with zero attached hydrogens (tertiary/aromatic N) is 2. The molecule has 1 atom stereocenters. The molecule has 0 spiro atoms. The number of nitrogens with one attached hydrogen (secondary N) is 1. The third-order valence-electron chi connectivity index (χ3n) is 4.82. The van der Waals surface area contributed by atoms with Crippen molar-refractivity contribution in [3.05, 3.63) is 69.5 Å². The first-order valence-electron chi connectivity index (χ1n) is 8.71. The molecular weight excluding hydrogens is 436 g/mol. The van der Waals surface area contributed by atoms with Crippen molar-refractivity contribution in [2.24, 2.45) is 5.73 Å². The fourth-order valence-corrected chi connectivity index (χ4v) is 4.02. The molecule has 7 nitrogen and oxygen atoms in total. The zero-order chi connectivity index (χ0) is 20.5. The molecule has 0 aliphatic carbocycles. The Kier molecular flexibility index (Phi) is 4.91. The van der Waals surface area contributed by atoms with E-state index in [1.54, 1.807) is 20.3 Å². The van der Waals surface area contributed by atoms with Crippen molar-refractivity contribution in [2.75, 3.05) is 14.2 Å². The number of benzene rings is 2. The highest BCUT2D eigenvalue weighted by Gasteiger charge is 2.37. The Morgan fingerprint density at radius 1 is 1.17 bits per heavy atom. The molecule has 2 heterocycles. The van der Waals surface area contributed by atoms with Crippen LogP contribution < -0.4 is 19.9 Å². The van der Waals surface area contributed by atoms with Gasteiger partial charge in [-0.25, -0.2) is 0 Å². The Balaban J connectivity index is 1.99. The van der Waals surface area contributed by atoms with E-state index in [0.717, 1.165) is 26.9 Å². The molecule has 146 valence electrons. The van der Waals surface area contributed by atoms with Gasteiger partial charge in [0.1, 0.15) is 11.6 Å². The van der Waals surface area contributed by atoms with Crippen molar-refractivity contribution in [2.45, 2.75) is 5.92 Å². The summed E-state index contributed by atoms with van der Waals surface area (Å²) < 4.78 is 17.2. The number of hydrogen-bond acceptors (Lipinski definition) is 6. The zero-order valence-electron chi connectivity index (χ0n) is 15.7. The van der Waals surface area contributed by atoms with Crippen LogP contribution in [0.25, 0.3) is 11.3 Å². The smallest absolute Gasteiger partial charge is 0.244 e. The molecule has 0 radical (unpaired) electrons. The molecule has 0 saturated carbocycles. The zero-order valence-corrected chi connectivity index (χ0v) is 17.3. The van der Waals surface area contributed by atoms with Crippen molar-refractivity contribution in [1.82, 2.24) is 10.2 Å². The van der Waals surface area contributed by atoms with Crippen molar-refractivity contribution >= 4 is 15.9 Å². The summed E-state index contributed by atoms with van der Waals surface area (Å²) in [7, 11) is 3.13. The van der Waals surface area contributed by atoms with E-state index in [4.69, 9.17) is 19.9 Å². The molecule has 0 unspecified atom stereocenters. The Morgan fingerprint density at radius 2 is 1.86 bits per heavy atom. The standard InChI is InChI=1S/C21H17BrN4O3/c1-27-15-8-12(14(22)9-16(15)28-2)17-13(10-23)20(24)29-21-18(17)19(25-26-21)11-6-4-3-5-7-11/h3-9,17H,24H2,1-2H3,(H,25,26)/t17-/m1/s1. The Bertz CT molecular complexity index is 1150. The van der Waals surface area contributed by atoms with E-state index in [0.29, 0.717) is 23.0 Å². The lowest BCUT2D eigenvalue weighted by atomic mass is 9.83. The molecule has 1 aliphatic heterocycles. The van der Waals surface area contributed by atoms with Crippen LogP contribution in [0, 0.1) is 11.3 Å².